The molecule has 7 atom stereocenters. The summed E-state index contributed by atoms with van der Waals surface area (Å²) in [5.74, 6) is -0.710. The van der Waals surface area contributed by atoms with Crippen molar-refractivity contribution in [1.82, 2.24) is 15.6 Å². The molecule has 2 bridgehead atoms. The molecule has 5 fully saturated rings. The molecule has 14 heteroatoms. The number of hydrogen-bond acceptors (Lipinski definition) is 8. The minimum Gasteiger partial charge on any atom is -0.404 e. The van der Waals surface area contributed by atoms with Crippen LogP contribution in [0.2, 0.25) is 0 Å². The Balaban J connectivity index is 1.47. The van der Waals surface area contributed by atoms with E-state index in [1.165, 1.54) is 6.92 Å². The van der Waals surface area contributed by atoms with Crippen molar-refractivity contribution in [2.75, 3.05) is 13.1 Å². The summed E-state index contributed by atoms with van der Waals surface area (Å²) >= 11 is 0. The predicted octanol–water partition coefficient (Wildman–Crippen LogP) is 2.25. The first-order valence-electron chi connectivity index (χ1n) is 15.8. The summed E-state index contributed by atoms with van der Waals surface area (Å²) in [4.78, 5) is 55.6. The number of carbonyl (C=O) groups excluding carboxylic acids is 3. The Hall–Kier alpha value is -2.74. The lowest BCUT2D eigenvalue weighted by molar-refractivity contribution is -0.525. The number of carbonyl (C=O) groups is 3. The summed E-state index contributed by atoms with van der Waals surface area (Å²) in [5, 5.41) is 13.0. The Bertz CT molecular complexity index is 1120. The number of rotatable bonds is 13. The zero-order chi connectivity index (χ0) is 31.7. The molecule has 2 amide bonds. The van der Waals surface area contributed by atoms with Crippen molar-refractivity contribution < 1.29 is 28.7 Å². The summed E-state index contributed by atoms with van der Waals surface area (Å²) < 4.78 is 13.2. The van der Waals surface area contributed by atoms with Gasteiger partial charge in [-0.25, -0.2) is 15.1 Å². The molecule has 0 aromatic heterocycles. The van der Waals surface area contributed by atoms with Gasteiger partial charge in [-0.1, -0.05) is 33.1 Å². The Morgan fingerprint density at radius 1 is 1.23 bits per heavy atom. The highest BCUT2D eigenvalue weighted by molar-refractivity contribution is 6.47. The number of hydrazine groups is 1. The zero-order valence-corrected chi connectivity index (χ0v) is 26.5. The third-order valence-corrected chi connectivity index (χ3v) is 10.4. The predicted molar refractivity (Wildman–Crippen MR) is 161 cm³/mol. The normalized spacial score (nSPS) is 30.8. The van der Waals surface area contributed by atoms with E-state index in [0.29, 0.717) is 44.1 Å². The van der Waals surface area contributed by atoms with E-state index in [-0.39, 0.29) is 54.0 Å². The van der Waals surface area contributed by atoms with Crippen molar-refractivity contribution in [3.63, 3.8) is 0 Å². The van der Waals surface area contributed by atoms with E-state index in [9.17, 15) is 24.5 Å². The molecule has 13 nitrogen and oxygen atoms in total. The molecule has 3 saturated carbocycles. The van der Waals surface area contributed by atoms with Crippen molar-refractivity contribution in [3.8, 4) is 0 Å². The summed E-state index contributed by atoms with van der Waals surface area (Å²) in [6, 6.07) is -0.531. The smallest absolute Gasteiger partial charge is 0.404 e. The first kappa shape index (κ1) is 33.2. The number of Topliss-reactive ketones (excluding diaryl/α,β-unsaturated/α-hetero) is 1. The van der Waals surface area contributed by atoms with E-state index in [0.717, 1.165) is 19.3 Å². The maximum atomic E-state index is 13.9. The fourth-order valence-corrected chi connectivity index (χ4v) is 7.97. The monoisotopic (exact) mass is 604 g/mol. The van der Waals surface area contributed by atoms with E-state index in [1.807, 2.05) is 0 Å². The lowest BCUT2D eigenvalue weighted by Gasteiger charge is -2.64. The number of nitrogens with two attached hydrogens (primary N) is 1. The van der Waals surface area contributed by atoms with Gasteiger partial charge in [0.15, 0.2) is 10.8 Å². The number of nitrogens with one attached hydrogen (secondary N) is 2. The van der Waals surface area contributed by atoms with Crippen LogP contribution in [-0.4, -0.2) is 77.4 Å². The van der Waals surface area contributed by atoms with E-state index in [1.54, 1.807) is 10.3 Å². The number of amides is 2. The Morgan fingerprint density at radius 2 is 1.95 bits per heavy atom. The molecule has 5 aliphatic rings. The van der Waals surface area contributed by atoms with Crippen LogP contribution in [0.1, 0.15) is 92.9 Å². The topological polar surface area (TPSA) is 178 Å². The Labute approximate surface area is 254 Å². The number of hydrogen-bond donors (Lipinski definition) is 3. The molecule has 3 aliphatic carbocycles. The van der Waals surface area contributed by atoms with Crippen molar-refractivity contribution in [2.24, 2.45) is 39.8 Å². The molecule has 0 radical (unpaired) electrons. The van der Waals surface area contributed by atoms with Gasteiger partial charge < -0.3 is 25.3 Å². The summed E-state index contributed by atoms with van der Waals surface area (Å²) in [6.45, 7) is 13.1. The van der Waals surface area contributed by atoms with Crippen molar-refractivity contribution in [2.45, 2.75) is 117 Å². The number of nitrogens with zero attached hydrogens (tertiary/aromatic N) is 3. The summed E-state index contributed by atoms with van der Waals surface area (Å²) in [6.07, 6.45) is 4.71. The molecule has 240 valence electrons. The van der Waals surface area contributed by atoms with Gasteiger partial charge in [-0.3, -0.25) is 14.4 Å². The molecule has 2 saturated heterocycles. The maximum Gasteiger partial charge on any atom is 0.481 e. The van der Waals surface area contributed by atoms with Crippen molar-refractivity contribution in [3.05, 3.63) is 10.1 Å². The molecule has 2 aliphatic heterocycles. The zero-order valence-electron chi connectivity index (χ0n) is 26.5. The maximum absolute atomic E-state index is 13.9. The molecule has 5 rings (SSSR count). The molecular formula is C29H49BN6O7. The highest BCUT2D eigenvalue weighted by Gasteiger charge is 2.68. The van der Waals surface area contributed by atoms with Gasteiger partial charge in [0.2, 0.25) is 11.8 Å². The van der Waals surface area contributed by atoms with Gasteiger partial charge in [0, 0.05) is 32.4 Å². The SMILES string of the molecule is CC(=O)N1CCC[C@@H]1C(=O)C[C@@H](CCCN=C(N)N[N+](=O)[O-])C(=O)N[C@@H](CC(C)C)B1O[C@@H]2C[C@@H]3C[C@@H](C3(C)C)[C@]2(C)O1. The Kier molecular flexibility index (Phi) is 10.1. The van der Waals surface area contributed by atoms with Gasteiger partial charge >= 0.3 is 7.12 Å². The average Bonchev–Trinajstić information content (AvgIpc) is 3.53. The summed E-state index contributed by atoms with van der Waals surface area (Å²) in [7, 11) is -0.589. The van der Waals surface area contributed by atoms with Gasteiger partial charge in [-0.15, -0.1) is 0 Å². The van der Waals surface area contributed by atoms with Crippen LogP contribution in [0, 0.1) is 39.2 Å². The van der Waals surface area contributed by atoms with Crippen LogP contribution >= 0.6 is 0 Å². The third kappa shape index (κ3) is 7.16. The van der Waals surface area contributed by atoms with Gasteiger partial charge in [-0.2, -0.15) is 0 Å². The minimum absolute atomic E-state index is 0.0192. The second-order valence-electron chi connectivity index (χ2n) is 14.1. The first-order chi connectivity index (χ1) is 20.1. The second-order valence-corrected chi connectivity index (χ2v) is 14.1. The van der Waals surface area contributed by atoms with Crippen LogP contribution in [0.4, 0.5) is 0 Å². The first-order valence-corrected chi connectivity index (χ1v) is 15.8. The van der Waals surface area contributed by atoms with Gasteiger partial charge in [0.05, 0.1) is 23.7 Å². The van der Waals surface area contributed by atoms with Crippen LogP contribution in [-0.2, 0) is 23.7 Å². The highest BCUT2D eigenvalue weighted by Crippen LogP contribution is 2.65. The van der Waals surface area contributed by atoms with Gasteiger partial charge in [-0.05, 0) is 75.0 Å². The van der Waals surface area contributed by atoms with E-state index in [4.69, 9.17) is 15.0 Å². The minimum atomic E-state index is -0.793. The fraction of sp³-hybridized carbons (Fsp3) is 0.862. The van der Waals surface area contributed by atoms with Gasteiger partial charge in [0.1, 0.15) is 0 Å². The standard InChI is InChI=1S/C29H49BN6O7/c1-17(2)13-25(30-42-24-16-20-15-23(28(20,4)5)29(24,6)43-30)33-26(39)19(9-7-11-32-27(31)34-36(40)41)14-22(38)21-10-8-12-35(21)18(3)37/h17,19-21,23-25H,7-16H2,1-6H3,(H,33,39)(H3,31,32,34)/t19-,20+,21-,23+,24-,25+,29+/m1/s1. The molecule has 4 N–H and O–H groups in total. The molecule has 2 heterocycles. The molecule has 0 unspecified atom stereocenters. The second kappa shape index (κ2) is 13.1. The van der Waals surface area contributed by atoms with Gasteiger partial charge in [0.25, 0.3) is 5.96 Å². The van der Waals surface area contributed by atoms with Crippen LogP contribution in [0.5, 0.6) is 0 Å². The molecule has 0 spiro atoms. The molecule has 0 aromatic rings. The molecule has 0 aromatic carbocycles. The van der Waals surface area contributed by atoms with Crippen LogP contribution in [0.3, 0.4) is 0 Å². The summed E-state index contributed by atoms with van der Waals surface area (Å²) in [5.41, 5.74) is 7.11. The lowest BCUT2D eigenvalue weighted by Crippen LogP contribution is -2.65. The molecule has 43 heavy (non-hydrogen) atoms. The number of guanidine groups is 1. The average molecular weight is 605 g/mol. The number of likely N-dealkylation sites (tertiary alicyclic amines) is 1. The number of nitro groups is 1. The van der Waals surface area contributed by atoms with Crippen LogP contribution < -0.4 is 16.5 Å². The lowest BCUT2D eigenvalue weighted by atomic mass is 9.43. The van der Waals surface area contributed by atoms with Crippen molar-refractivity contribution in [1.29, 1.82) is 0 Å². The molecular weight excluding hydrogens is 555 g/mol. The highest BCUT2D eigenvalue weighted by atomic mass is 16.7. The Morgan fingerprint density at radius 3 is 2.58 bits per heavy atom. The third-order valence-electron chi connectivity index (χ3n) is 10.4. The number of ketones is 1. The van der Waals surface area contributed by atoms with Crippen LogP contribution in [0.25, 0.3) is 0 Å². The van der Waals surface area contributed by atoms with Crippen LogP contribution in [0.15, 0.2) is 4.99 Å². The van der Waals surface area contributed by atoms with E-state index < -0.39 is 35.7 Å². The number of aliphatic imine (C=N–C) groups is 1. The largest absolute Gasteiger partial charge is 0.481 e. The van der Waals surface area contributed by atoms with E-state index in [2.05, 4.69) is 44.9 Å². The fourth-order valence-electron chi connectivity index (χ4n) is 7.97. The quantitative estimate of drug-likeness (QED) is 0.0710. The van der Waals surface area contributed by atoms with Crippen molar-refractivity contribution >= 4 is 30.7 Å². The van der Waals surface area contributed by atoms with E-state index >= 15 is 0 Å².